The predicted octanol–water partition coefficient (Wildman–Crippen LogP) is 1.85. The molecule has 1 aromatic rings. The number of carboxylic acids is 1. The molecular weight excluding hydrogens is 316 g/mol. The van der Waals surface area contributed by atoms with Gasteiger partial charge in [0, 0.05) is 19.4 Å². The number of carboxylic acid groups (broad SMARTS) is 1. The summed E-state index contributed by atoms with van der Waals surface area (Å²) in [6, 6.07) is 7.92. The number of rotatable bonds is 5. The van der Waals surface area contributed by atoms with E-state index in [1.807, 2.05) is 24.3 Å². The summed E-state index contributed by atoms with van der Waals surface area (Å²) in [5, 5.41) is 12.5. The van der Waals surface area contributed by atoms with E-state index in [1.165, 1.54) is 0 Å². The molecule has 25 heavy (non-hydrogen) atoms. The molecular formula is C20H29N2O3+. The van der Waals surface area contributed by atoms with Crippen molar-refractivity contribution in [2.45, 2.75) is 32.1 Å². The van der Waals surface area contributed by atoms with Crippen LogP contribution in [0.25, 0.3) is 0 Å². The molecule has 1 amide bonds. The molecule has 0 unspecified atom stereocenters. The molecule has 2 N–H and O–H groups in total. The minimum atomic E-state index is -0.903. The van der Waals surface area contributed by atoms with E-state index < -0.39 is 11.4 Å². The summed E-state index contributed by atoms with van der Waals surface area (Å²) in [6.45, 7) is 2.93. The van der Waals surface area contributed by atoms with Crippen LogP contribution in [0.2, 0.25) is 0 Å². The lowest BCUT2D eigenvalue weighted by atomic mass is 9.80. The van der Waals surface area contributed by atoms with Crippen LogP contribution in [0.1, 0.15) is 30.4 Å². The summed E-state index contributed by atoms with van der Waals surface area (Å²) in [7, 11) is 4.48. The highest BCUT2D eigenvalue weighted by Gasteiger charge is 2.45. The molecule has 0 atom stereocenters. The lowest BCUT2D eigenvalue weighted by molar-refractivity contribution is -0.896. The zero-order valence-electron chi connectivity index (χ0n) is 15.3. The van der Waals surface area contributed by atoms with Crippen molar-refractivity contribution in [1.29, 1.82) is 0 Å². The first kappa shape index (κ1) is 17.9. The van der Waals surface area contributed by atoms with Crippen molar-refractivity contribution in [3.05, 3.63) is 35.4 Å². The Balaban J connectivity index is 1.64. The number of hydrogen-bond acceptors (Lipinski definition) is 2. The fraction of sp³-hybridized carbons (Fsp3) is 0.600. The van der Waals surface area contributed by atoms with E-state index in [1.54, 1.807) is 0 Å². The number of fused-ring (bicyclic) bond motifs is 1. The first-order chi connectivity index (χ1) is 11.8. The Bertz CT molecular complexity index is 634. The fourth-order valence-corrected chi connectivity index (χ4v) is 4.30. The van der Waals surface area contributed by atoms with Crippen LogP contribution in [0.5, 0.6) is 0 Å². The van der Waals surface area contributed by atoms with Crippen molar-refractivity contribution < 1.29 is 19.2 Å². The minimum Gasteiger partial charge on any atom is -0.481 e. The lowest BCUT2D eigenvalue weighted by Crippen LogP contribution is -2.49. The number of hydrogen-bond donors (Lipinski definition) is 2. The summed E-state index contributed by atoms with van der Waals surface area (Å²) in [5.74, 6) is -0.495. The maximum absolute atomic E-state index is 13.0. The van der Waals surface area contributed by atoms with Gasteiger partial charge in [-0.15, -0.1) is 0 Å². The van der Waals surface area contributed by atoms with Crippen LogP contribution in [-0.4, -0.2) is 55.2 Å². The van der Waals surface area contributed by atoms with Gasteiger partial charge in [0.25, 0.3) is 0 Å². The van der Waals surface area contributed by atoms with Crippen molar-refractivity contribution in [2.24, 2.45) is 11.3 Å². The number of nitrogens with one attached hydrogen (secondary N) is 1. The van der Waals surface area contributed by atoms with Gasteiger partial charge in [0.2, 0.25) is 5.91 Å². The number of nitrogens with zero attached hydrogens (tertiary/aromatic N) is 1. The zero-order chi connectivity index (χ0) is 18.1. The van der Waals surface area contributed by atoms with Crippen LogP contribution in [0.4, 0.5) is 0 Å². The highest BCUT2D eigenvalue weighted by atomic mass is 16.4. The molecule has 5 nitrogen and oxygen atoms in total. The van der Waals surface area contributed by atoms with Crippen molar-refractivity contribution in [2.75, 3.05) is 33.7 Å². The van der Waals surface area contributed by atoms with Crippen LogP contribution < -0.4 is 5.32 Å². The van der Waals surface area contributed by atoms with Crippen molar-refractivity contribution in [3.8, 4) is 0 Å². The van der Waals surface area contributed by atoms with Gasteiger partial charge in [0.15, 0.2) is 0 Å². The Kier molecular flexibility index (Phi) is 4.87. The van der Waals surface area contributed by atoms with Gasteiger partial charge in [-0.3, -0.25) is 9.59 Å². The Labute approximate surface area is 149 Å². The molecule has 136 valence electrons. The number of benzene rings is 1. The van der Waals surface area contributed by atoms with Crippen LogP contribution in [-0.2, 0) is 22.4 Å². The van der Waals surface area contributed by atoms with Crippen molar-refractivity contribution >= 4 is 11.9 Å². The predicted molar refractivity (Wildman–Crippen MR) is 96.1 cm³/mol. The number of aliphatic carboxylic acids is 1. The summed E-state index contributed by atoms with van der Waals surface area (Å²) in [6.07, 6.45) is 3.16. The van der Waals surface area contributed by atoms with E-state index in [-0.39, 0.29) is 12.3 Å². The van der Waals surface area contributed by atoms with Crippen LogP contribution in [0.15, 0.2) is 24.3 Å². The summed E-state index contributed by atoms with van der Waals surface area (Å²) in [5.41, 5.74) is 1.38. The van der Waals surface area contributed by atoms with Crippen molar-refractivity contribution in [3.63, 3.8) is 0 Å². The second-order valence-corrected chi connectivity index (χ2v) is 8.51. The molecule has 2 aliphatic rings. The largest absolute Gasteiger partial charge is 0.481 e. The SMILES string of the molecule is C[N+]1(C)CCC(CNC(=O)C2(CC(=O)O)Cc3ccccc3C2)CC1. The number of piperidine rings is 1. The maximum atomic E-state index is 13.0. The molecule has 1 aliphatic carbocycles. The first-order valence-corrected chi connectivity index (χ1v) is 9.19. The molecule has 1 heterocycles. The Morgan fingerprint density at radius 1 is 1.16 bits per heavy atom. The number of carbonyl (C=O) groups excluding carboxylic acids is 1. The molecule has 0 bridgehead atoms. The van der Waals surface area contributed by atoms with Gasteiger partial charge < -0.3 is 14.9 Å². The van der Waals surface area contributed by atoms with Crippen LogP contribution >= 0.6 is 0 Å². The summed E-state index contributed by atoms with van der Waals surface area (Å²) >= 11 is 0. The summed E-state index contributed by atoms with van der Waals surface area (Å²) in [4.78, 5) is 24.4. The number of quaternary nitrogens is 1. The highest BCUT2D eigenvalue weighted by Crippen LogP contribution is 2.40. The van der Waals surface area contributed by atoms with Crippen molar-refractivity contribution in [1.82, 2.24) is 5.32 Å². The molecule has 0 spiro atoms. The molecule has 0 saturated carbocycles. The lowest BCUT2D eigenvalue weighted by Gasteiger charge is -2.37. The van der Waals surface area contributed by atoms with Crippen LogP contribution in [0.3, 0.4) is 0 Å². The molecule has 5 heteroatoms. The number of likely N-dealkylation sites (tertiary alicyclic amines) is 1. The van der Waals surface area contributed by atoms with Gasteiger partial charge >= 0.3 is 5.97 Å². The monoisotopic (exact) mass is 345 g/mol. The Morgan fingerprint density at radius 2 is 1.72 bits per heavy atom. The van der Waals surface area contributed by atoms with Gasteiger partial charge in [-0.1, -0.05) is 24.3 Å². The van der Waals surface area contributed by atoms with E-state index in [9.17, 15) is 14.7 Å². The zero-order valence-corrected chi connectivity index (χ0v) is 15.3. The smallest absolute Gasteiger partial charge is 0.304 e. The topological polar surface area (TPSA) is 66.4 Å². The first-order valence-electron chi connectivity index (χ1n) is 9.19. The molecule has 1 fully saturated rings. The third kappa shape index (κ3) is 4.03. The molecule has 1 saturated heterocycles. The normalized spacial score (nSPS) is 21.5. The maximum Gasteiger partial charge on any atom is 0.304 e. The molecule has 1 aliphatic heterocycles. The second-order valence-electron chi connectivity index (χ2n) is 8.51. The van der Waals surface area contributed by atoms with E-state index >= 15 is 0 Å². The van der Waals surface area contributed by atoms with Gasteiger partial charge in [0.05, 0.1) is 39.0 Å². The number of amides is 1. The number of carbonyl (C=O) groups is 2. The molecule has 1 aromatic carbocycles. The Hall–Kier alpha value is -1.88. The fourth-order valence-electron chi connectivity index (χ4n) is 4.30. The van der Waals surface area contributed by atoms with E-state index in [2.05, 4.69) is 19.4 Å². The molecule has 3 rings (SSSR count). The second kappa shape index (κ2) is 6.79. The third-order valence-electron chi connectivity index (χ3n) is 5.98. The van der Waals surface area contributed by atoms with Gasteiger partial charge in [-0.25, -0.2) is 0 Å². The highest BCUT2D eigenvalue weighted by molar-refractivity contribution is 5.88. The van der Waals surface area contributed by atoms with Gasteiger partial charge in [0.1, 0.15) is 0 Å². The van der Waals surface area contributed by atoms with E-state index in [0.29, 0.717) is 25.3 Å². The Morgan fingerprint density at radius 3 is 2.24 bits per heavy atom. The molecule has 0 aromatic heterocycles. The third-order valence-corrected chi connectivity index (χ3v) is 5.98. The standard InChI is InChI=1S/C20H28N2O3/c1-22(2)9-7-15(8-10-22)14-21-19(25)20(13-18(23)24)11-16-5-3-4-6-17(16)12-20/h3-6,15H,7-14H2,1-2H3,(H-,21,23,24,25)/p+1. The minimum absolute atomic E-state index is 0.0922. The van der Waals surface area contributed by atoms with Gasteiger partial charge in [-0.2, -0.15) is 0 Å². The van der Waals surface area contributed by atoms with E-state index in [4.69, 9.17) is 0 Å². The molecule has 0 radical (unpaired) electrons. The van der Waals surface area contributed by atoms with E-state index in [0.717, 1.165) is 41.5 Å². The average Bonchev–Trinajstić information content (AvgIpc) is 2.92. The van der Waals surface area contributed by atoms with Gasteiger partial charge in [-0.05, 0) is 29.9 Å². The summed E-state index contributed by atoms with van der Waals surface area (Å²) < 4.78 is 1.04. The quantitative estimate of drug-likeness (QED) is 0.801. The van der Waals surface area contributed by atoms with Crippen LogP contribution in [0, 0.1) is 11.3 Å². The average molecular weight is 345 g/mol.